The molecule has 0 radical (unpaired) electrons. The third-order valence-corrected chi connectivity index (χ3v) is 10.3. The molecule has 0 unspecified atom stereocenters. The number of ether oxygens (including phenoxy) is 1. The first-order valence-electron chi connectivity index (χ1n) is 12.7. The van der Waals surface area contributed by atoms with Crippen LogP contribution in [-0.2, 0) is 9.53 Å². The van der Waals surface area contributed by atoms with E-state index < -0.39 is 5.60 Å². The second kappa shape index (κ2) is 7.91. The summed E-state index contributed by atoms with van der Waals surface area (Å²) in [6.45, 7) is 6.39. The Morgan fingerprint density at radius 1 is 1.00 bits per heavy atom. The molecule has 3 nitrogen and oxygen atoms in total. The fraction of sp³-hybridized carbons (Fsp3) is 0.690. The maximum atomic E-state index is 11.8. The number of rotatable bonds is 1. The number of hydrogen-bond acceptors (Lipinski definition) is 3. The highest BCUT2D eigenvalue weighted by Crippen LogP contribution is 2.68. The Morgan fingerprint density at radius 2 is 1.75 bits per heavy atom. The summed E-state index contributed by atoms with van der Waals surface area (Å²) < 4.78 is 5.61. The molecule has 4 saturated carbocycles. The van der Waals surface area contributed by atoms with E-state index in [-0.39, 0.29) is 17.5 Å². The molecule has 32 heavy (non-hydrogen) atoms. The van der Waals surface area contributed by atoms with E-state index in [2.05, 4.69) is 25.7 Å². The van der Waals surface area contributed by atoms with Crippen LogP contribution < -0.4 is 0 Å². The van der Waals surface area contributed by atoms with Crippen molar-refractivity contribution >= 4 is 5.97 Å². The van der Waals surface area contributed by atoms with Crippen LogP contribution in [0.2, 0.25) is 0 Å². The van der Waals surface area contributed by atoms with Gasteiger partial charge in [-0.15, -0.1) is 0 Å². The summed E-state index contributed by atoms with van der Waals surface area (Å²) in [7, 11) is 0. The van der Waals surface area contributed by atoms with Gasteiger partial charge in [0.2, 0.25) is 0 Å². The average Bonchev–Trinajstić information content (AvgIpc) is 3.04. The van der Waals surface area contributed by atoms with Gasteiger partial charge < -0.3 is 9.84 Å². The SMILES string of the molecule is CC(=O)O[C@@H]1CC[C@]2(C)[C@H](CC[C@H]3[C@H]4CC[C@@](O)(C#Cc5ccccc5)[C@]4(C)CC[C@@H]32)C1. The molecule has 4 aliphatic rings. The lowest BCUT2D eigenvalue weighted by molar-refractivity contribution is -0.163. The van der Waals surface area contributed by atoms with Gasteiger partial charge in [0.25, 0.3) is 0 Å². The Morgan fingerprint density at radius 3 is 2.50 bits per heavy atom. The highest BCUT2D eigenvalue weighted by atomic mass is 16.5. The minimum absolute atomic E-state index is 0.112. The maximum absolute atomic E-state index is 11.8. The molecule has 4 fully saturated rings. The Bertz CT molecular complexity index is 929. The number of benzene rings is 1. The van der Waals surface area contributed by atoms with Crippen LogP contribution in [0.5, 0.6) is 0 Å². The first-order chi connectivity index (χ1) is 15.3. The van der Waals surface area contributed by atoms with Gasteiger partial charge in [0.15, 0.2) is 0 Å². The molecule has 3 heteroatoms. The van der Waals surface area contributed by atoms with Crippen molar-refractivity contribution in [3.05, 3.63) is 35.9 Å². The summed E-state index contributed by atoms with van der Waals surface area (Å²) in [6.07, 6.45) is 9.94. The third-order valence-electron chi connectivity index (χ3n) is 10.3. The first kappa shape index (κ1) is 22.0. The minimum atomic E-state index is -0.886. The normalized spacial score (nSPS) is 44.9. The number of carbonyl (C=O) groups is 1. The lowest BCUT2D eigenvalue weighted by Gasteiger charge is -2.61. The largest absolute Gasteiger partial charge is 0.463 e. The monoisotopic (exact) mass is 434 g/mol. The van der Waals surface area contributed by atoms with Gasteiger partial charge in [-0.1, -0.05) is 43.9 Å². The summed E-state index contributed by atoms with van der Waals surface area (Å²) in [5.74, 6) is 9.13. The van der Waals surface area contributed by atoms with Gasteiger partial charge in [-0.25, -0.2) is 0 Å². The number of carbonyl (C=O) groups excluding carboxylic acids is 1. The summed E-state index contributed by atoms with van der Waals surface area (Å²) in [5, 5.41) is 11.8. The van der Waals surface area contributed by atoms with Crippen LogP contribution in [0.3, 0.4) is 0 Å². The van der Waals surface area contributed by atoms with Crippen LogP contribution in [-0.4, -0.2) is 22.8 Å². The van der Waals surface area contributed by atoms with E-state index in [4.69, 9.17) is 4.74 Å². The summed E-state index contributed by atoms with van der Waals surface area (Å²) >= 11 is 0. The van der Waals surface area contributed by atoms with E-state index in [1.54, 1.807) is 0 Å². The molecule has 8 atom stereocenters. The van der Waals surface area contributed by atoms with Crippen LogP contribution >= 0.6 is 0 Å². The van der Waals surface area contributed by atoms with E-state index in [0.717, 1.165) is 50.0 Å². The highest BCUT2D eigenvalue weighted by molar-refractivity contribution is 5.66. The lowest BCUT2D eigenvalue weighted by atomic mass is 9.44. The average molecular weight is 435 g/mol. The second-order valence-electron chi connectivity index (χ2n) is 11.6. The summed E-state index contributed by atoms with van der Waals surface area (Å²) in [6, 6.07) is 10.1. The fourth-order valence-electron chi connectivity index (χ4n) is 8.48. The number of fused-ring (bicyclic) bond motifs is 5. The molecule has 5 rings (SSSR count). The molecule has 1 aromatic rings. The van der Waals surface area contributed by atoms with Crippen molar-refractivity contribution in [3.63, 3.8) is 0 Å². The maximum Gasteiger partial charge on any atom is 0.302 e. The van der Waals surface area contributed by atoms with Crippen LogP contribution in [0.1, 0.15) is 84.1 Å². The smallest absolute Gasteiger partial charge is 0.302 e. The highest BCUT2D eigenvalue weighted by Gasteiger charge is 2.64. The first-order valence-corrected chi connectivity index (χ1v) is 12.7. The summed E-state index contributed by atoms with van der Waals surface area (Å²) in [4.78, 5) is 11.5. The lowest BCUT2D eigenvalue weighted by Crippen LogP contribution is -2.56. The Labute approximate surface area is 193 Å². The molecule has 0 bridgehead atoms. The van der Waals surface area contributed by atoms with Crippen LogP contribution in [0.25, 0.3) is 0 Å². The molecule has 4 aliphatic carbocycles. The van der Waals surface area contributed by atoms with E-state index in [1.165, 1.54) is 26.2 Å². The van der Waals surface area contributed by atoms with Crippen molar-refractivity contribution < 1.29 is 14.6 Å². The summed E-state index contributed by atoms with van der Waals surface area (Å²) in [5.41, 5.74) is 0.327. The predicted octanol–water partition coefficient (Wildman–Crippen LogP) is 5.74. The molecule has 0 aliphatic heterocycles. The quantitative estimate of drug-likeness (QED) is 0.453. The second-order valence-corrected chi connectivity index (χ2v) is 11.6. The molecule has 0 amide bonds. The molecule has 0 saturated heterocycles. The van der Waals surface area contributed by atoms with Gasteiger partial charge in [0.05, 0.1) is 0 Å². The van der Waals surface area contributed by atoms with Crippen molar-refractivity contribution in [1.29, 1.82) is 0 Å². The molecule has 0 aromatic heterocycles. The molecule has 0 spiro atoms. The molecule has 0 heterocycles. The van der Waals surface area contributed by atoms with E-state index in [9.17, 15) is 9.90 Å². The Hall–Kier alpha value is -1.79. The molecular formula is C29H38O3. The number of aliphatic hydroxyl groups is 1. The van der Waals surface area contributed by atoms with Crippen molar-refractivity contribution in [2.75, 3.05) is 0 Å². The van der Waals surface area contributed by atoms with E-state index in [1.807, 2.05) is 30.3 Å². The van der Waals surface area contributed by atoms with E-state index >= 15 is 0 Å². The zero-order valence-electron chi connectivity index (χ0n) is 19.9. The molecular weight excluding hydrogens is 396 g/mol. The van der Waals surface area contributed by atoms with Gasteiger partial charge in [-0.05, 0) is 99.0 Å². The Balaban J connectivity index is 1.36. The minimum Gasteiger partial charge on any atom is -0.463 e. The zero-order valence-corrected chi connectivity index (χ0v) is 19.9. The van der Waals surface area contributed by atoms with Gasteiger partial charge in [-0.3, -0.25) is 4.79 Å². The van der Waals surface area contributed by atoms with Crippen molar-refractivity contribution in [1.82, 2.24) is 0 Å². The van der Waals surface area contributed by atoms with Crippen molar-refractivity contribution in [2.24, 2.45) is 34.5 Å². The van der Waals surface area contributed by atoms with Gasteiger partial charge in [0.1, 0.15) is 11.7 Å². The molecule has 1 N–H and O–H groups in total. The van der Waals surface area contributed by atoms with Gasteiger partial charge >= 0.3 is 5.97 Å². The fourth-order valence-corrected chi connectivity index (χ4v) is 8.48. The zero-order chi connectivity index (χ0) is 22.6. The third kappa shape index (κ3) is 3.41. The number of hydrogen-bond donors (Lipinski definition) is 1. The van der Waals surface area contributed by atoms with Crippen molar-refractivity contribution in [2.45, 2.75) is 90.3 Å². The van der Waals surface area contributed by atoms with Crippen LogP contribution in [0, 0.1) is 46.3 Å². The van der Waals surface area contributed by atoms with Gasteiger partial charge in [0, 0.05) is 17.9 Å². The molecule has 172 valence electrons. The van der Waals surface area contributed by atoms with Crippen LogP contribution in [0.15, 0.2) is 30.3 Å². The van der Waals surface area contributed by atoms with Crippen LogP contribution in [0.4, 0.5) is 0 Å². The van der Waals surface area contributed by atoms with Crippen molar-refractivity contribution in [3.8, 4) is 11.8 Å². The number of esters is 1. The predicted molar refractivity (Wildman–Crippen MR) is 126 cm³/mol. The van der Waals surface area contributed by atoms with Gasteiger partial charge in [-0.2, -0.15) is 0 Å². The molecule has 1 aromatic carbocycles. The topological polar surface area (TPSA) is 46.5 Å². The standard InChI is InChI=1S/C29H38O3/c1-20(30)32-23-12-15-27(2)22(19-23)9-10-24-25(27)13-16-28(3)26(24)14-18-29(28,31)17-11-21-7-5-4-6-8-21/h4-8,22-26,31H,9-10,12-16,18-19H2,1-3H3/t22-,23-,24-,25+,26-,27-,28-,29+/m1/s1. The Kier molecular flexibility index (Phi) is 5.44. The van der Waals surface area contributed by atoms with E-state index in [0.29, 0.717) is 23.2 Å².